The zero-order chi connectivity index (χ0) is 37.1. The van der Waals surface area contributed by atoms with Gasteiger partial charge in [-0.1, -0.05) is 146 Å². The molecule has 2 aromatic heterocycles. The zero-order valence-corrected chi connectivity index (χ0v) is 30.7. The Hall–Kier alpha value is -6.45. The molecule has 0 N–H and O–H groups in total. The van der Waals surface area contributed by atoms with E-state index < -0.39 is 15.4 Å². The van der Waals surface area contributed by atoms with Gasteiger partial charge in [-0.15, -0.1) is 15.0 Å². The summed E-state index contributed by atoms with van der Waals surface area (Å²) in [4.78, 5) is 6.65. The van der Waals surface area contributed by atoms with Crippen LogP contribution in [0.15, 0.2) is 169 Å². The molecule has 8 rings (SSSR count). The lowest BCUT2D eigenvalue weighted by Crippen LogP contribution is -2.39. The van der Waals surface area contributed by atoms with Gasteiger partial charge >= 0.3 is 0 Å². The molecule has 54 heavy (non-hydrogen) atoms. The monoisotopic (exact) mass is 727 g/mol. The van der Waals surface area contributed by atoms with Crippen LogP contribution in [0.25, 0.3) is 33.4 Å². The number of tetrazole rings is 1. The molecule has 266 valence electrons. The quantitative estimate of drug-likeness (QED) is 0.123. The molecular weight excluding hydrogens is 691 g/mol. The maximum atomic E-state index is 12.3. The van der Waals surface area contributed by atoms with Crippen LogP contribution in [-0.4, -0.2) is 39.9 Å². The van der Waals surface area contributed by atoms with Crippen LogP contribution < -0.4 is 4.74 Å². The first-order chi connectivity index (χ1) is 26.3. The third-order valence-corrected chi connectivity index (χ3v) is 10.8. The minimum absolute atomic E-state index is 0.231. The number of aromatic nitrogens is 5. The SMILES string of the molecule is CCc1cc(OCc2ccc(-c3ccccc3-c3nnn(C(c4ccccc4)(c4ccccc4)c4ccccc4)n3)cc2)c2cc(S(C)(=O)=O)ccc2n1. The predicted octanol–water partition coefficient (Wildman–Crippen LogP) is 8.94. The van der Waals surface area contributed by atoms with E-state index in [9.17, 15) is 8.42 Å². The first-order valence-corrected chi connectivity index (χ1v) is 19.7. The molecule has 9 heteroatoms. The van der Waals surface area contributed by atoms with Crippen molar-refractivity contribution in [3.63, 3.8) is 0 Å². The molecule has 8 aromatic rings. The maximum absolute atomic E-state index is 12.3. The van der Waals surface area contributed by atoms with Gasteiger partial charge in [0.25, 0.3) is 0 Å². The first-order valence-electron chi connectivity index (χ1n) is 17.8. The predicted molar refractivity (Wildman–Crippen MR) is 212 cm³/mol. The van der Waals surface area contributed by atoms with E-state index in [0.29, 0.717) is 29.1 Å². The number of hydrogen-bond acceptors (Lipinski definition) is 7. The Morgan fingerprint density at radius 2 is 1.24 bits per heavy atom. The van der Waals surface area contributed by atoms with E-state index in [2.05, 4.69) is 59.6 Å². The molecule has 0 aliphatic carbocycles. The van der Waals surface area contributed by atoms with Gasteiger partial charge in [0.15, 0.2) is 15.4 Å². The van der Waals surface area contributed by atoms with Crippen LogP contribution in [0.1, 0.15) is 34.9 Å². The third-order valence-electron chi connectivity index (χ3n) is 9.70. The summed E-state index contributed by atoms with van der Waals surface area (Å²) < 4.78 is 30.9. The Bertz CT molecular complexity index is 2570. The molecule has 0 unspecified atom stereocenters. The average Bonchev–Trinajstić information content (AvgIpc) is 3.71. The Kier molecular flexibility index (Phi) is 9.31. The first kappa shape index (κ1) is 34.6. The van der Waals surface area contributed by atoms with Crippen molar-refractivity contribution in [2.75, 3.05) is 6.26 Å². The lowest BCUT2D eigenvalue weighted by Gasteiger charge is -2.34. The number of rotatable bonds is 11. The number of hydrogen-bond donors (Lipinski definition) is 0. The van der Waals surface area contributed by atoms with E-state index >= 15 is 0 Å². The fourth-order valence-electron chi connectivity index (χ4n) is 6.98. The summed E-state index contributed by atoms with van der Waals surface area (Å²) in [5, 5.41) is 15.2. The summed E-state index contributed by atoms with van der Waals surface area (Å²) in [6.07, 6.45) is 1.93. The standard InChI is InChI=1S/C45H37N5O3S/c1-3-37-29-43(41-30-38(54(2,51)52)27-28-42(41)46-37)53-31-32-23-25-33(26-24-32)39-21-13-14-22-40(39)44-47-49-50(48-44)45(34-15-7-4-8-16-34,35-17-9-5-10-18-35)36-19-11-6-12-20-36/h4-30H,3,31H2,1-2H3. The average molecular weight is 728 g/mol. The number of sulfone groups is 1. The molecule has 0 bridgehead atoms. The van der Waals surface area contributed by atoms with Crippen LogP contribution in [0.5, 0.6) is 5.75 Å². The van der Waals surface area contributed by atoms with Crippen molar-refractivity contribution in [3.05, 3.63) is 192 Å². The van der Waals surface area contributed by atoms with E-state index in [0.717, 1.165) is 51.1 Å². The fraction of sp³-hybridized carbons (Fsp3) is 0.111. The second-order valence-corrected chi connectivity index (χ2v) is 15.2. The molecule has 0 radical (unpaired) electrons. The molecule has 0 spiro atoms. The molecule has 0 aliphatic heterocycles. The van der Waals surface area contributed by atoms with Crippen LogP contribution in [0.3, 0.4) is 0 Å². The zero-order valence-electron chi connectivity index (χ0n) is 29.9. The Morgan fingerprint density at radius 1 is 0.667 bits per heavy atom. The van der Waals surface area contributed by atoms with Crippen LogP contribution >= 0.6 is 0 Å². The minimum atomic E-state index is -3.39. The number of benzene rings is 6. The topological polar surface area (TPSA) is 99.9 Å². The molecule has 0 aliphatic rings. The van der Waals surface area contributed by atoms with Crippen LogP contribution in [0.2, 0.25) is 0 Å². The number of nitrogens with zero attached hydrogens (tertiary/aromatic N) is 5. The van der Waals surface area contributed by atoms with Gasteiger partial charge in [-0.2, -0.15) is 0 Å². The number of ether oxygens (including phenoxy) is 1. The molecule has 0 fully saturated rings. The molecule has 0 amide bonds. The van der Waals surface area contributed by atoms with Crippen LogP contribution in [0.4, 0.5) is 0 Å². The lowest BCUT2D eigenvalue weighted by molar-refractivity contribution is 0.309. The van der Waals surface area contributed by atoms with E-state index in [1.54, 1.807) is 23.0 Å². The smallest absolute Gasteiger partial charge is 0.205 e. The van der Waals surface area contributed by atoms with Gasteiger partial charge < -0.3 is 4.74 Å². The van der Waals surface area contributed by atoms with Gasteiger partial charge in [-0.05, 0) is 63.2 Å². The summed E-state index contributed by atoms with van der Waals surface area (Å²) in [6, 6.07) is 54.0. The number of pyridine rings is 1. The summed E-state index contributed by atoms with van der Waals surface area (Å²) in [5.74, 6) is 1.11. The second kappa shape index (κ2) is 14.5. The van der Waals surface area contributed by atoms with Crippen molar-refractivity contribution in [1.29, 1.82) is 0 Å². The molecule has 0 atom stereocenters. The molecule has 2 heterocycles. The highest BCUT2D eigenvalue weighted by atomic mass is 32.2. The normalized spacial score (nSPS) is 11.8. The van der Waals surface area contributed by atoms with Gasteiger partial charge in [0.05, 0.1) is 10.4 Å². The Balaban J connectivity index is 1.13. The van der Waals surface area contributed by atoms with Gasteiger partial charge in [0.2, 0.25) is 5.82 Å². The summed E-state index contributed by atoms with van der Waals surface area (Å²) in [6.45, 7) is 2.32. The van der Waals surface area contributed by atoms with Gasteiger partial charge in [0.1, 0.15) is 12.4 Å². The lowest BCUT2D eigenvalue weighted by atomic mass is 9.77. The number of aryl methyl sites for hydroxylation is 1. The summed E-state index contributed by atoms with van der Waals surface area (Å²) in [7, 11) is -3.39. The second-order valence-electron chi connectivity index (χ2n) is 13.2. The van der Waals surface area contributed by atoms with E-state index in [4.69, 9.17) is 20.1 Å². The molecule has 0 saturated carbocycles. The van der Waals surface area contributed by atoms with Crippen molar-refractivity contribution < 1.29 is 13.2 Å². The van der Waals surface area contributed by atoms with Crippen molar-refractivity contribution in [3.8, 4) is 28.3 Å². The van der Waals surface area contributed by atoms with Gasteiger partial charge in [-0.3, -0.25) is 4.98 Å². The number of fused-ring (bicyclic) bond motifs is 1. The van der Waals surface area contributed by atoms with E-state index in [1.807, 2.05) is 97.9 Å². The molecule has 0 saturated heterocycles. The highest BCUT2D eigenvalue weighted by Gasteiger charge is 2.41. The van der Waals surface area contributed by atoms with Gasteiger partial charge in [-0.25, -0.2) is 8.42 Å². The molecular formula is C45H37N5O3S. The Morgan fingerprint density at radius 3 is 1.81 bits per heavy atom. The van der Waals surface area contributed by atoms with Crippen molar-refractivity contribution in [1.82, 2.24) is 25.2 Å². The molecule has 8 nitrogen and oxygen atoms in total. The largest absolute Gasteiger partial charge is 0.488 e. The van der Waals surface area contributed by atoms with E-state index in [1.165, 1.54) is 6.26 Å². The summed E-state index contributed by atoms with van der Waals surface area (Å²) >= 11 is 0. The van der Waals surface area contributed by atoms with Crippen molar-refractivity contribution in [2.45, 2.75) is 30.4 Å². The summed E-state index contributed by atoms with van der Waals surface area (Å²) in [5.41, 5.74) is 7.50. The fourth-order valence-corrected chi connectivity index (χ4v) is 7.62. The Labute approximate surface area is 314 Å². The van der Waals surface area contributed by atoms with Crippen LogP contribution in [-0.2, 0) is 28.4 Å². The van der Waals surface area contributed by atoms with Crippen LogP contribution in [0, 0.1) is 0 Å². The maximum Gasteiger partial charge on any atom is 0.205 e. The van der Waals surface area contributed by atoms with Crippen molar-refractivity contribution in [2.24, 2.45) is 0 Å². The third kappa shape index (κ3) is 6.54. The van der Waals surface area contributed by atoms with Gasteiger partial charge in [0, 0.05) is 29.0 Å². The highest BCUT2D eigenvalue weighted by molar-refractivity contribution is 7.90. The molecule has 6 aromatic carbocycles. The minimum Gasteiger partial charge on any atom is -0.488 e. The van der Waals surface area contributed by atoms with E-state index in [-0.39, 0.29) is 4.90 Å². The highest BCUT2D eigenvalue weighted by Crippen LogP contribution is 2.40. The van der Waals surface area contributed by atoms with Crippen molar-refractivity contribution >= 4 is 20.7 Å².